The lowest BCUT2D eigenvalue weighted by atomic mass is 10.4. The predicted octanol–water partition coefficient (Wildman–Crippen LogP) is 1.12. The van der Waals surface area contributed by atoms with E-state index in [2.05, 4.69) is 20.3 Å². The van der Waals surface area contributed by atoms with Gasteiger partial charge in [-0.3, -0.25) is 0 Å². The van der Waals surface area contributed by atoms with Crippen LogP contribution in [0.2, 0.25) is 5.28 Å². The average molecular weight is 291 g/mol. The topological polar surface area (TPSA) is 89.4 Å². The monoisotopic (exact) mass is 290 g/mol. The third kappa shape index (κ3) is 7.09. The molecule has 8 heteroatoms. The number of halogens is 1. The van der Waals surface area contributed by atoms with Crippen molar-refractivity contribution in [3.63, 3.8) is 0 Å². The second-order valence-corrected chi connectivity index (χ2v) is 4.33. The van der Waals surface area contributed by atoms with Crippen LogP contribution < -0.4 is 10.1 Å². The molecule has 0 bridgehead atoms. The largest absolute Gasteiger partial charge is 0.461 e. The van der Waals surface area contributed by atoms with Crippen molar-refractivity contribution in [1.82, 2.24) is 15.0 Å². The lowest BCUT2D eigenvalue weighted by molar-refractivity contribution is 0.0921. The van der Waals surface area contributed by atoms with E-state index in [9.17, 15) is 0 Å². The molecule has 0 radical (unpaired) electrons. The van der Waals surface area contributed by atoms with Gasteiger partial charge in [-0.15, -0.1) is 0 Å². The normalized spacial score (nSPS) is 10.8. The first kappa shape index (κ1) is 15.9. The highest BCUT2D eigenvalue weighted by molar-refractivity contribution is 6.28. The second-order valence-electron chi connectivity index (χ2n) is 3.99. The van der Waals surface area contributed by atoms with E-state index in [1.165, 1.54) is 0 Å². The Bertz CT molecular complexity index is 379. The minimum atomic E-state index is -0.0294. The summed E-state index contributed by atoms with van der Waals surface area (Å²) in [7, 11) is 0. The van der Waals surface area contributed by atoms with Crippen LogP contribution in [0.25, 0.3) is 0 Å². The molecule has 0 fully saturated rings. The van der Waals surface area contributed by atoms with E-state index >= 15 is 0 Å². The number of anilines is 1. The zero-order chi connectivity index (χ0) is 14.1. The van der Waals surface area contributed by atoms with E-state index in [4.69, 9.17) is 26.2 Å². The first-order chi connectivity index (χ1) is 9.11. The van der Waals surface area contributed by atoms with Crippen molar-refractivity contribution in [1.29, 1.82) is 0 Å². The van der Waals surface area contributed by atoms with Gasteiger partial charge in [-0.1, -0.05) is 0 Å². The van der Waals surface area contributed by atoms with Crippen LogP contribution in [0, 0.1) is 0 Å². The molecule has 0 saturated heterocycles. The van der Waals surface area contributed by atoms with Gasteiger partial charge in [-0.2, -0.15) is 15.0 Å². The van der Waals surface area contributed by atoms with Crippen LogP contribution in [0.3, 0.4) is 0 Å². The Labute approximate surface area is 117 Å². The molecule has 0 aliphatic carbocycles. The molecule has 108 valence electrons. The van der Waals surface area contributed by atoms with Gasteiger partial charge in [-0.05, 0) is 31.9 Å². The molecule has 19 heavy (non-hydrogen) atoms. The molecule has 2 N–H and O–H groups in total. The molecule has 0 aliphatic heterocycles. The summed E-state index contributed by atoms with van der Waals surface area (Å²) in [5.41, 5.74) is 0. The molecule has 1 heterocycles. The number of hydrogen-bond acceptors (Lipinski definition) is 7. The maximum atomic E-state index is 8.54. The van der Waals surface area contributed by atoms with Gasteiger partial charge >= 0.3 is 6.01 Å². The fourth-order valence-electron chi connectivity index (χ4n) is 1.22. The van der Waals surface area contributed by atoms with Crippen LogP contribution >= 0.6 is 11.6 Å². The molecular formula is C11H19ClN4O3. The third-order valence-corrected chi connectivity index (χ3v) is 2.08. The van der Waals surface area contributed by atoms with Gasteiger partial charge in [0.2, 0.25) is 11.2 Å². The van der Waals surface area contributed by atoms with E-state index < -0.39 is 0 Å². The molecule has 0 amide bonds. The van der Waals surface area contributed by atoms with Gasteiger partial charge in [0, 0.05) is 13.2 Å². The number of nitrogens with zero attached hydrogens (tertiary/aromatic N) is 3. The minimum absolute atomic E-state index is 0.0294. The van der Waals surface area contributed by atoms with Crippen LogP contribution in [0.4, 0.5) is 5.95 Å². The Hall–Kier alpha value is -1.18. The predicted molar refractivity (Wildman–Crippen MR) is 71.6 cm³/mol. The van der Waals surface area contributed by atoms with Crippen molar-refractivity contribution in [2.24, 2.45) is 0 Å². The Morgan fingerprint density at radius 2 is 2.05 bits per heavy atom. The molecule has 0 unspecified atom stereocenters. The lowest BCUT2D eigenvalue weighted by Crippen LogP contribution is -2.13. The second kappa shape index (κ2) is 8.84. The highest BCUT2D eigenvalue weighted by Crippen LogP contribution is 2.12. The summed E-state index contributed by atoms with van der Waals surface area (Å²) in [6.07, 6.45) is 0.738. The van der Waals surface area contributed by atoms with Crippen LogP contribution in [-0.4, -0.2) is 52.5 Å². The van der Waals surface area contributed by atoms with Gasteiger partial charge in [-0.25, -0.2) is 0 Å². The smallest absolute Gasteiger partial charge is 0.322 e. The molecule has 1 rings (SSSR count). The van der Waals surface area contributed by atoms with E-state index in [1.807, 2.05) is 13.8 Å². The number of ether oxygens (including phenoxy) is 2. The summed E-state index contributed by atoms with van der Waals surface area (Å²) < 4.78 is 10.5. The number of aromatic nitrogens is 3. The molecule has 0 aliphatic rings. The Balaban J connectivity index is 2.38. The highest BCUT2D eigenvalue weighted by Gasteiger charge is 2.07. The van der Waals surface area contributed by atoms with Crippen molar-refractivity contribution < 1.29 is 14.6 Å². The number of aliphatic hydroxyl groups is 1. The van der Waals surface area contributed by atoms with E-state index in [1.54, 1.807) is 0 Å². The number of hydrogen-bond donors (Lipinski definition) is 2. The average Bonchev–Trinajstić information content (AvgIpc) is 2.32. The first-order valence-electron chi connectivity index (χ1n) is 6.12. The van der Waals surface area contributed by atoms with Crippen molar-refractivity contribution in [3.8, 4) is 6.01 Å². The van der Waals surface area contributed by atoms with Crippen molar-refractivity contribution in [2.45, 2.75) is 26.4 Å². The minimum Gasteiger partial charge on any atom is -0.461 e. The van der Waals surface area contributed by atoms with Crippen LogP contribution in [0.15, 0.2) is 0 Å². The van der Waals surface area contributed by atoms with Crippen LogP contribution in [0.5, 0.6) is 6.01 Å². The summed E-state index contributed by atoms with van der Waals surface area (Å²) in [4.78, 5) is 11.9. The van der Waals surface area contributed by atoms with E-state index in [-0.39, 0.29) is 24.0 Å². The summed E-state index contributed by atoms with van der Waals surface area (Å²) >= 11 is 5.78. The Kier molecular flexibility index (Phi) is 7.39. The molecule has 0 aromatic carbocycles. The SMILES string of the molecule is CC(C)Oc1nc(Cl)nc(NCCCOCCO)n1. The zero-order valence-electron chi connectivity index (χ0n) is 11.1. The summed E-state index contributed by atoms with van der Waals surface area (Å²) in [5, 5.41) is 11.6. The lowest BCUT2D eigenvalue weighted by Gasteiger charge is -2.09. The fraction of sp³-hybridized carbons (Fsp3) is 0.727. The molecule has 1 aromatic rings. The Morgan fingerprint density at radius 1 is 1.26 bits per heavy atom. The molecule has 1 aromatic heterocycles. The maximum absolute atomic E-state index is 8.54. The Morgan fingerprint density at radius 3 is 2.74 bits per heavy atom. The zero-order valence-corrected chi connectivity index (χ0v) is 11.9. The van der Waals surface area contributed by atoms with Crippen molar-refractivity contribution in [2.75, 3.05) is 31.7 Å². The van der Waals surface area contributed by atoms with Gasteiger partial charge in [0.1, 0.15) is 0 Å². The van der Waals surface area contributed by atoms with Crippen LogP contribution in [-0.2, 0) is 4.74 Å². The highest BCUT2D eigenvalue weighted by atomic mass is 35.5. The molecule has 7 nitrogen and oxygen atoms in total. The standard InChI is InChI=1S/C11H19ClN4O3/c1-8(2)19-11-15-9(12)14-10(16-11)13-4-3-6-18-7-5-17/h8,17H,3-7H2,1-2H3,(H,13,14,15,16). The number of aliphatic hydroxyl groups excluding tert-OH is 1. The van der Waals surface area contributed by atoms with Gasteiger partial charge < -0.3 is 19.9 Å². The van der Waals surface area contributed by atoms with Crippen molar-refractivity contribution >= 4 is 17.5 Å². The maximum Gasteiger partial charge on any atom is 0.322 e. The van der Waals surface area contributed by atoms with Gasteiger partial charge in [0.25, 0.3) is 0 Å². The molecular weight excluding hydrogens is 272 g/mol. The van der Waals surface area contributed by atoms with E-state index in [0.29, 0.717) is 25.7 Å². The quantitative estimate of drug-likeness (QED) is 0.659. The molecule has 0 spiro atoms. The van der Waals surface area contributed by atoms with Crippen molar-refractivity contribution in [3.05, 3.63) is 5.28 Å². The summed E-state index contributed by atoms with van der Waals surface area (Å²) in [6, 6.07) is 0.203. The number of rotatable bonds is 9. The van der Waals surface area contributed by atoms with Crippen LogP contribution in [0.1, 0.15) is 20.3 Å². The molecule has 0 atom stereocenters. The summed E-state index contributed by atoms with van der Waals surface area (Å²) in [5.74, 6) is 0.373. The van der Waals surface area contributed by atoms with Gasteiger partial charge in [0.15, 0.2) is 0 Å². The fourth-order valence-corrected chi connectivity index (χ4v) is 1.37. The van der Waals surface area contributed by atoms with Gasteiger partial charge in [0.05, 0.1) is 19.3 Å². The first-order valence-corrected chi connectivity index (χ1v) is 6.50. The molecule has 0 saturated carbocycles. The number of nitrogens with one attached hydrogen (secondary N) is 1. The van der Waals surface area contributed by atoms with E-state index in [0.717, 1.165) is 6.42 Å². The summed E-state index contributed by atoms with van der Waals surface area (Å²) in [6.45, 7) is 5.33. The third-order valence-electron chi connectivity index (χ3n) is 1.91.